The number of carbonyl (C=O) groups is 2. The molecule has 0 rings (SSSR count). The summed E-state index contributed by atoms with van der Waals surface area (Å²) < 4.78 is 15.3. The lowest BCUT2D eigenvalue weighted by molar-refractivity contribution is -0.215. The van der Waals surface area contributed by atoms with Crippen LogP contribution >= 0.6 is 0 Å². The molecule has 0 radical (unpaired) electrons. The first-order chi connectivity index (χ1) is 9.32. The molecule has 0 spiro atoms. The molecule has 0 saturated heterocycles. The van der Waals surface area contributed by atoms with E-state index < -0.39 is 29.1 Å². The molecule has 0 fully saturated rings. The van der Waals surface area contributed by atoms with Gasteiger partial charge in [-0.05, 0) is 12.8 Å². The van der Waals surface area contributed by atoms with E-state index in [1.165, 1.54) is 21.3 Å². The molecule has 0 saturated carbocycles. The van der Waals surface area contributed by atoms with Gasteiger partial charge in [0.2, 0.25) is 5.60 Å². The quantitative estimate of drug-likeness (QED) is 0.619. The Morgan fingerprint density at radius 2 is 1.55 bits per heavy atom. The van der Waals surface area contributed by atoms with Gasteiger partial charge in [0, 0.05) is 21.3 Å². The van der Waals surface area contributed by atoms with Crippen molar-refractivity contribution in [1.29, 1.82) is 0 Å². The zero-order valence-electron chi connectivity index (χ0n) is 12.6. The fourth-order valence-electron chi connectivity index (χ4n) is 2.61. The number of aliphatic carboxylic acids is 2. The van der Waals surface area contributed by atoms with Crippen LogP contribution in [0.3, 0.4) is 0 Å². The zero-order chi connectivity index (χ0) is 16.0. The fraction of sp³-hybridized carbons (Fsp3) is 0.846. The molecule has 7 nitrogen and oxygen atoms in total. The van der Waals surface area contributed by atoms with Gasteiger partial charge in [-0.15, -0.1) is 0 Å². The number of methoxy groups -OCH3 is 3. The summed E-state index contributed by atoms with van der Waals surface area (Å²) in [6.07, 6.45) is -0.774. The van der Waals surface area contributed by atoms with E-state index in [4.69, 9.17) is 14.2 Å². The first kappa shape index (κ1) is 18.8. The molecule has 7 heteroatoms. The Balaban J connectivity index is 6.03. The van der Waals surface area contributed by atoms with Crippen molar-refractivity contribution >= 4 is 11.9 Å². The van der Waals surface area contributed by atoms with Crippen molar-refractivity contribution in [3.05, 3.63) is 0 Å². The molecule has 2 N–H and O–H groups in total. The summed E-state index contributed by atoms with van der Waals surface area (Å²) in [6, 6.07) is 0. The average Bonchev–Trinajstić information content (AvgIpc) is 2.42. The third-order valence-electron chi connectivity index (χ3n) is 3.93. The number of carboxylic acid groups (broad SMARTS) is 2. The SMILES string of the molecule is CCC(CC)(C(=O)O)C(OC)C(COC)(OC)C(=O)O. The molecule has 0 aromatic heterocycles. The van der Waals surface area contributed by atoms with Gasteiger partial charge in [0.15, 0.2) is 0 Å². The molecule has 20 heavy (non-hydrogen) atoms. The summed E-state index contributed by atoms with van der Waals surface area (Å²) >= 11 is 0. The highest BCUT2D eigenvalue weighted by molar-refractivity contribution is 5.82. The van der Waals surface area contributed by atoms with Gasteiger partial charge in [-0.25, -0.2) is 4.79 Å². The summed E-state index contributed by atoms with van der Waals surface area (Å²) in [6.45, 7) is 3.05. The monoisotopic (exact) mass is 292 g/mol. The lowest BCUT2D eigenvalue weighted by atomic mass is 9.70. The Bertz CT molecular complexity index is 338. The van der Waals surface area contributed by atoms with E-state index >= 15 is 0 Å². The van der Waals surface area contributed by atoms with Gasteiger partial charge in [0.25, 0.3) is 0 Å². The Labute approximate surface area is 118 Å². The van der Waals surface area contributed by atoms with Crippen LogP contribution in [-0.4, -0.2) is 61.8 Å². The van der Waals surface area contributed by atoms with Crippen molar-refractivity contribution in [3.8, 4) is 0 Å². The molecule has 0 heterocycles. The minimum absolute atomic E-state index is 0.208. The van der Waals surface area contributed by atoms with E-state index in [0.717, 1.165) is 0 Å². The van der Waals surface area contributed by atoms with Crippen LogP contribution in [0.1, 0.15) is 26.7 Å². The summed E-state index contributed by atoms with van der Waals surface area (Å²) in [4.78, 5) is 23.4. The molecule has 0 amide bonds. The van der Waals surface area contributed by atoms with Crippen molar-refractivity contribution in [1.82, 2.24) is 0 Å². The van der Waals surface area contributed by atoms with Crippen LogP contribution in [0.25, 0.3) is 0 Å². The minimum Gasteiger partial charge on any atom is -0.481 e. The van der Waals surface area contributed by atoms with E-state index in [9.17, 15) is 19.8 Å². The highest BCUT2D eigenvalue weighted by atomic mass is 16.6. The molecule has 118 valence electrons. The lowest BCUT2D eigenvalue weighted by Crippen LogP contribution is -2.63. The smallest absolute Gasteiger partial charge is 0.341 e. The van der Waals surface area contributed by atoms with Crippen LogP contribution < -0.4 is 0 Å². The summed E-state index contributed by atoms with van der Waals surface area (Å²) in [5.74, 6) is -2.44. The molecule has 0 aromatic rings. The van der Waals surface area contributed by atoms with Crippen LogP contribution in [-0.2, 0) is 23.8 Å². The van der Waals surface area contributed by atoms with Crippen molar-refractivity contribution in [3.63, 3.8) is 0 Å². The molecule has 0 aliphatic carbocycles. The maximum atomic E-state index is 11.7. The van der Waals surface area contributed by atoms with Crippen LogP contribution in [0.15, 0.2) is 0 Å². The third-order valence-corrected chi connectivity index (χ3v) is 3.93. The zero-order valence-corrected chi connectivity index (χ0v) is 12.6. The molecular weight excluding hydrogens is 268 g/mol. The normalized spacial score (nSPS) is 16.4. The Morgan fingerprint density at radius 3 is 1.75 bits per heavy atom. The Hall–Kier alpha value is -1.18. The third kappa shape index (κ3) is 2.94. The number of carboxylic acids is 2. The number of hydrogen-bond donors (Lipinski definition) is 2. The second-order valence-electron chi connectivity index (χ2n) is 4.62. The minimum atomic E-state index is -1.88. The summed E-state index contributed by atoms with van der Waals surface area (Å²) in [5, 5.41) is 19.1. The van der Waals surface area contributed by atoms with E-state index in [-0.39, 0.29) is 19.4 Å². The summed E-state index contributed by atoms with van der Waals surface area (Å²) in [5.41, 5.74) is -3.25. The first-order valence-electron chi connectivity index (χ1n) is 6.36. The first-order valence-corrected chi connectivity index (χ1v) is 6.36. The van der Waals surface area contributed by atoms with Gasteiger partial charge in [-0.1, -0.05) is 13.8 Å². The van der Waals surface area contributed by atoms with Crippen LogP contribution in [0.5, 0.6) is 0 Å². The second-order valence-corrected chi connectivity index (χ2v) is 4.62. The van der Waals surface area contributed by atoms with Crippen molar-refractivity contribution in [2.24, 2.45) is 5.41 Å². The van der Waals surface area contributed by atoms with Crippen LogP contribution in [0.4, 0.5) is 0 Å². The predicted octanol–water partition coefficient (Wildman–Crippen LogP) is 1.01. The molecule has 0 aliphatic rings. The number of rotatable bonds is 10. The summed E-state index contributed by atoms with van der Waals surface area (Å²) in [7, 11) is 3.81. The van der Waals surface area contributed by atoms with Crippen molar-refractivity contribution in [2.75, 3.05) is 27.9 Å². The van der Waals surface area contributed by atoms with Gasteiger partial charge in [-0.2, -0.15) is 0 Å². The highest BCUT2D eigenvalue weighted by Crippen LogP contribution is 2.40. The fourth-order valence-corrected chi connectivity index (χ4v) is 2.61. The Kier molecular flexibility index (Phi) is 7.12. The number of hydrogen-bond acceptors (Lipinski definition) is 5. The molecule has 0 aromatic carbocycles. The van der Waals surface area contributed by atoms with Gasteiger partial charge in [0.1, 0.15) is 6.10 Å². The Morgan fingerprint density at radius 1 is 1.05 bits per heavy atom. The molecule has 2 unspecified atom stereocenters. The van der Waals surface area contributed by atoms with Gasteiger partial charge >= 0.3 is 11.9 Å². The second kappa shape index (κ2) is 7.56. The molecule has 0 bridgehead atoms. The maximum absolute atomic E-state index is 11.7. The van der Waals surface area contributed by atoms with Crippen molar-refractivity contribution < 1.29 is 34.0 Å². The molecule has 0 aliphatic heterocycles. The standard InChI is InChI=1S/C13H24O7/c1-6-12(7-2,10(14)15)9(19-4)13(20-5,8-18-3)11(16)17/h9H,6-8H2,1-5H3,(H,14,15)(H,16,17). The lowest BCUT2D eigenvalue weighted by Gasteiger charge is -2.43. The van der Waals surface area contributed by atoms with E-state index in [2.05, 4.69) is 0 Å². The van der Waals surface area contributed by atoms with Crippen molar-refractivity contribution in [2.45, 2.75) is 38.4 Å². The van der Waals surface area contributed by atoms with Gasteiger partial charge < -0.3 is 24.4 Å². The molecular formula is C13H24O7. The van der Waals surface area contributed by atoms with E-state index in [1.54, 1.807) is 13.8 Å². The predicted molar refractivity (Wildman–Crippen MR) is 70.7 cm³/mol. The van der Waals surface area contributed by atoms with Crippen LogP contribution in [0, 0.1) is 5.41 Å². The van der Waals surface area contributed by atoms with Gasteiger partial charge in [-0.3, -0.25) is 4.79 Å². The molecule has 2 atom stereocenters. The van der Waals surface area contributed by atoms with E-state index in [0.29, 0.717) is 0 Å². The van der Waals surface area contributed by atoms with Gasteiger partial charge in [0.05, 0.1) is 12.0 Å². The number of ether oxygens (including phenoxy) is 3. The van der Waals surface area contributed by atoms with E-state index in [1.807, 2.05) is 0 Å². The highest BCUT2D eigenvalue weighted by Gasteiger charge is 2.59. The largest absolute Gasteiger partial charge is 0.481 e. The average molecular weight is 292 g/mol. The topological polar surface area (TPSA) is 102 Å². The maximum Gasteiger partial charge on any atom is 0.341 e. The van der Waals surface area contributed by atoms with Crippen LogP contribution in [0.2, 0.25) is 0 Å².